The van der Waals surface area contributed by atoms with E-state index >= 15 is 0 Å². The van der Waals surface area contributed by atoms with Gasteiger partial charge in [-0.2, -0.15) is 5.01 Å². The minimum absolute atomic E-state index is 0.0699. The van der Waals surface area contributed by atoms with Gasteiger partial charge in [-0.05, 0) is 55.3 Å². The first-order valence-corrected chi connectivity index (χ1v) is 10.6. The van der Waals surface area contributed by atoms with Crippen LogP contribution in [0, 0.1) is 4.91 Å². The summed E-state index contributed by atoms with van der Waals surface area (Å²) < 4.78 is 5.82. The molecule has 2 aromatic carbocycles. The molecule has 1 atom stereocenters. The highest BCUT2D eigenvalue weighted by Crippen LogP contribution is 2.34. The Kier molecular flexibility index (Phi) is 6.60. The molecule has 164 valence electrons. The van der Waals surface area contributed by atoms with Gasteiger partial charge in [-0.25, -0.2) is 0 Å². The molecule has 3 aromatic rings. The zero-order chi connectivity index (χ0) is 22.3. The summed E-state index contributed by atoms with van der Waals surface area (Å²) in [5.41, 5.74) is 1.87. The van der Waals surface area contributed by atoms with Crippen LogP contribution in [0.5, 0.6) is 11.5 Å². The number of carbonyl (C=O) groups excluding carboxylic acids is 1. The molecule has 0 saturated carbocycles. The molecular formula is C24H25N5O3. The van der Waals surface area contributed by atoms with Crippen LogP contribution >= 0.6 is 0 Å². The number of nitrogens with one attached hydrogen (secondary N) is 1. The maximum atomic E-state index is 11.8. The van der Waals surface area contributed by atoms with Crippen molar-refractivity contribution in [1.29, 1.82) is 0 Å². The molecule has 8 heteroatoms. The number of aromatic nitrogens is 1. The van der Waals surface area contributed by atoms with Gasteiger partial charge in [-0.3, -0.25) is 9.78 Å². The van der Waals surface area contributed by atoms with E-state index in [4.69, 9.17) is 4.74 Å². The van der Waals surface area contributed by atoms with E-state index in [0.29, 0.717) is 23.7 Å². The highest BCUT2D eigenvalue weighted by Gasteiger charge is 2.23. The first-order chi connectivity index (χ1) is 15.6. The Morgan fingerprint density at radius 3 is 2.59 bits per heavy atom. The van der Waals surface area contributed by atoms with E-state index in [-0.39, 0.29) is 11.9 Å². The van der Waals surface area contributed by atoms with Crippen molar-refractivity contribution in [2.75, 3.05) is 23.4 Å². The quantitative estimate of drug-likeness (QED) is 0.413. The van der Waals surface area contributed by atoms with Crippen molar-refractivity contribution in [2.45, 2.75) is 25.8 Å². The highest BCUT2D eigenvalue weighted by molar-refractivity contribution is 5.76. The number of anilines is 3. The van der Waals surface area contributed by atoms with Crippen LogP contribution in [0.4, 0.5) is 17.1 Å². The summed E-state index contributed by atoms with van der Waals surface area (Å²) in [5, 5.41) is 8.00. The molecule has 0 aliphatic carbocycles. The number of nitroso groups, excluding NO2 is 1. The van der Waals surface area contributed by atoms with Crippen molar-refractivity contribution in [3.05, 3.63) is 78.0 Å². The smallest absolute Gasteiger partial charge is 0.219 e. The predicted molar refractivity (Wildman–Crippen MR) is 124 cm³/mol. The first-order valence-electron chi connectivity index (χ1n) is 10.6. The maximum Gasteiger partial charge on any atom is 0.219 e. The average Bonchev–Trinajstić information content (AvgIpc) is 2.82. The summed E-state index contributed by atoms with van der Waals surface area (Å²) in [6.07, 6.45) is 5.13. The zero-order valence-electron chi connectivity index (χ0n) is 17.8. The molecule has 4 rings (SSSR count). The molecule has 1 aliphatic heterocycles. The van der Waals surface area contributed by atoms with Gasteiger partial charge in [0.2, 0.25) is 5.91 Å². The summed E-state index contributed by atoms with van der Waals surface area (Å²) in [5.74, 6) is 1.46. The monoisotopic (exact) mass is 431 g/mol. The number of benzene rings is 2. The Labute approximate surface area is 186 Å². The Morgan fingerprint density at radius 2 is 1.88 bits per heavy atom. The van der Waals surface area contributed by atoms with Gasteiger partial charge in [-0.1, -0.05) is 18.2 Å². The van der Waals surface area contributed by atoms with Crippen molar-refractivity contribution in [1.82, 2.24) is 9.88 Å². The van der Waals surface area contributed by atoms with Gasteiger partial charge in [0.05, 0.1) is 22.9 Å². The van der Waals surface area contributed by atoms with Gasteiger partial charge in [0, 0.05) is 32.3 Å². The summed E-state index contributed by atoms with van der Waals surface area (Å²) >= 11 is 0. The number of hydrogen-bond donors (Lipinski definition) is 1. The lowest BCUT2D eigenvalue weighted by Gasteiger charge is -2.33. The SMILES string of the molecule is CC(=O)N1CCCC(Nc2ccncc2N(N=O)c2ccc(Oc3ccccc3)cc2)C1. The Morgan fingerprint density at radius 1 is 1.12 bits per heavy atom. The van der Waals surface area contributed by atoms with E-state index in [9.17, 15) is 9.70 Å². The lowest BCUT2D eigenvalue weighted by atomic mass is 10.1. The molecule has 1 aromatic heterocycles. The fraction of sp³-hybridized carbons (Fsp3) is 0.250. The molecular weight excluding hydrogens is 406 g/mol. The third-order valence-electron chi connectivity index (χ3n) is 5.40. The van der Waals surface area contributed by atoms with Crippen LogP contribution < -0.4 is 15.1 Å². The Hall–Kier alpha value is -3.94. The second kappa shape index (κ2) is 9.91. The number of pyridine rings is 1. The van der Waals surface area contributed by atoms with E-state index in [2.05, 4.69) is 15.6 Å². The van der Waals surface area contributed by atoms with Crippen molar-refractivity contribution < 1.29 is 9.53 Å². The molecule has 1 saturated heterocycles. The molecule has 2 heterocycles. The van der Waals surface area contributed by atoms with Gasteiger partial charge < -0.3 is 15.0 Å². The molecule has 32 heavy (non-hydrogen) atoms. The number of hydrogen-bond acceptors (Lipinski definition) is 6. The molecule has 0 radical (unpaired) electrons. The molecule has 1 amide bonds. The summed E-state index contributed by atoms with van der Waals surface area (Å²) in [4.78, 5) is 29.6. The fourth-order valence-electron chi connectivity index (χ4n) is 3.79. The number of nitrogens with zero attached hydrogens (tertiary/aromatic N) is 4. The summed E-state index contributed by atoms with van der Waals surface area (Å²) in [6, 6.07) is 18.5. The second-order valence-electron chi connectivity index (χ2n) is 7.64. The van der Waals surface area contributed by atoms with Crippen LogP contribution in [0.3, 0.4) is 0 Å². The van der Waals surface area contributed by atoms with Crippen LogP contribution in [0.1, 0.15) is 19.8 Å². The van der Waals surface area contributed by atoms with E-state index < -0.39 is 0 Å². The number of ether oxygens (including phenoxy) is 1. The largest absolute Gasteiger partial charge is 0.457 e. The Bertz CT molecular complexity index is 1060. The third-order valence-corrected chi connectivity index (χ3v) is 5.40. The van der Waals surface area contributed by atoms with Crippen molar-refractivity contribution in [3.63, 3.8) is 0 Å². The molecule has 0 bridgehead atoms. The van der Waals surface area contributed by atoms with Crippen LogP contribution in [-0.2, 0) is 4.79 Å². The van der Waals surface area contributed by atoms with Gasteiger partial charge >= 0.3 is 0 Å². The fourth-order valence-corrected chi connectivity index (χ4v) is 3.79. The third kappa shape index (κ3) is 5.03. The molecule has 1 fully saturated rings. The second-order valence-corrected chi connectivity index (χ2v) is 7.64. The topological polar surface area (TPSA) is 87.1 Å². The predicted octanol–water partition coefficient (Wildman–Crippen LogP) is 5.12. The molecule has 0 spiro atoms. The van der Waals surface area contributed by atoms with Gasteiger partial charge in [-0.15, -0.1) is 4.91 Å². The lowest BCUT2D eigenvalue weighted by Crippen LogP contribution is -2.44. The number of piperidine rings is 1. The number of para-hydroxylation sites is 1. The molecule has 8 nitrogen and oxygen atoms in total. The molecule has 1 unspecified atom stereocenters. The Balaban J connectivity index is 1.52. The van der Waals surface area contributed by atoms with E-state index in [1.807, 2.05) is 41.3 Å². The van der Waals surface area contributed by atoms with Crippen molar-refractivity contribution in [3.8, 4) is 11.5 Å². The summed E-state index contributed by atoms with van der Waals surface area (Å²) in [6.45, 7) is 2.98. The zero-order valence-corrected chi connectivity index (χ0v) is 17.8. The average molecular weight is 431 g/mol. The molecule has 1 N–H and O–H groups in total. The van der Waals surface area contributed by atoms with E-state index in [1.165, 1.54) is 5.01 Å². The normalized spacial score (nSPS) is 15.7. The van der Waals surface area contributed by atoms with E-state index in [0.717, 1.165) is 30.8 Å². The number of rotatable bonds is 7. The van der Waals surface area contributed by atoms with Gasteiger partial charge in [0.15, 0.2) is 0 Å². The standard InChI is InChI=1S/C24H25N5O3/c1-18(30)28-15-5-6-19(17-28)26-23-13-14-25-16-24(23)29(27-31)20-9-11-22(12-10-20)32-21-7-3-2-4-8-21/h2-4,7-14,16,19H,5-6,15,17H2,1H3,(H,25,26). The van der Waals surface area contributed by atoms with Crippen LogP contribution in [0.25, 0.3) is 0 Å². The van der Waals surface area contributed by atoms with Crippen LogP contribution in [-0.4, -0.2) is 34.9 Å². The molecule has 1 aliphatic rings. The van der Waals surface area contributed by atoms with Crippen molar-refractivity contribution in [2.24, 2.45) is 5.29 Å². The van der Waals surface area contributed by atoms with Gasteiger partial charge in [0.25, 0.3) is 0 Å². The number of carbonyl (C=O) groups is 1. The minimum Gasteiger partial charge on any atom is -0.457 e. The summed E-state index contributed by atoms with van der Waals surface area (Å²) in [7, 11) is 0. The van der Waals surface area contributed by atoms with Gasteiger partial charge in [0.1, 0.15) is 17.2 Å². The lowest BCUT2D eigenvalue weighted by molar-refractivity contribution is -0.129. The van der Waals surface area contributed by atoms with E-state index in [1.54, 1.807) is 43.6 Å². The van der Waals surface area contributed by atoms with Crippen LogP contribution in [0.15, 0.2) is 78.3 Å². The van der Waals surface area contributed by atoms with Crippen LogP contribution in [0.2, 0.25) is 0 Å². The highest BCUT2D eigenvalue weighted by atomic mass is 16.5. The maximum absolute atomic E-state index is 11.8. The number of amides is 1. The first kappa shape index (κ1) is 21.3. The number of likely N-dealkylation sites (tertiary alicyclic amines) is 1. The van der Waals surface area contributed by atoms with Crippen molar-refractivity contribution >= 4 is 23.0 Å². The minimum atomic E-state index is 0.0699.